The monoisotopic (exact) mass is 371 g/mol. The van der Waals surface area contributed by atoms with Crippen LogP contribution in [0.25, 0.3) is 6.08 Å². The van der Waals surface area contributed by atoms with Crippen LogP contribution in [0.4, 0.5) is 5.69 Å². The average molecular weight is 371 g/mol. The Labute approximate surface area is 162 Å². The van der Waals surface area contributed by atoms with Crippen molar-refractivity contribution in [3.05, 3.63) is 118 Å². The van der Waals surface area contributed by atoms with Crippen LogP contribution in [0.3, 0.4) is 0 Å². The standard InChI is InChI=1S/C22H17N3O3/c26-22(19-12-7-13-20(16-19)25(27)28)24-23-21(18-10-5-2-6-11-18)15-14-17-8-3-1-4-9-17/h1-16H,(H,24,26). The van der Waals surface area contributed by atoms with Crippen LogP contribution in [0.1, 0.15) is 21.5 Å². The van der Waals surface area contributed by atoms with Crippen LogP contribution < -0.4 is 5.43 Å². The van der Waals surface area contributed by atoms with Crippen molar-refractivity contribution < 1.29 is 9.72 Å². The number of carbonyl (C=O) groups is 1. The minimum absolute atomic E-state index is 0.149. The quantitative estimate of drug-likeness (QED) is 0.395. The van der Waals surface area contributed by atoms with E-state index in [1.807, 2.05) is 66.7 Å². The molecular formula is C22H17N3O3. The lowest BCUT2D eigenvalue weighted by Crippen LogP contribution is -2.19. The van der Waals surface area contributed by atoms with Crippen LogP contribution >= 0.6 is 0 Å². The molecule has 0 spiro atoms. The maximum atomic E-state index is 12.4. The molecule has 0 saturated carbocycles. The van der Waals surface area contributed by atoms with E-state index in [9.17, 15) is 14.9 Å². The normalized spacial score (nSPS) is 11.4. The van der Waals surface area contributed by atoms with Gasteiger partial charge < -0.3 is 0 Å². The number of allylic oxidation sites excluding steroid dienone is 1. The molecule has 0 aromatic heterocycles. The van der Waals surface area contributed by atoms with Gasteiger partial charge in [0.15, 0.2) is 0 Å². The molecule has 28 heavy (non-hydrogen) atoms. The molecule has 0 atom stereocenters. The van der Waals surface area contributed by atoms with E-state index in [-0.39, 0.29) is 11.3 Å². The third kappa shape index (κ3) is 4.98. The van der Waals surface area contributed by atoms with Crippen molar-refractivity contribution in [1.82, 2.24) is 5.43 Å². The van der Waals surface area contributed by atoms with E-state index in [0.29, 0.717) is 5.71 Å². The highest BCUT2D eigenvalue weighted by Gasteiger charge is 2.11. The highest BCUT2D eigenvalue weighted by Crippen LogP contribution is 2.13. The molecule has 0 saturated heterocycles. The molecule has 0 aliphatic carbocycles. The van der Waals surface area contributed by atoms with Gasteiger partial charge in [-0.1, -0.05) is 72.8 Å². The number of amides is 1. The van der Waals surface area contributed by atoms with Crippen LogP contribution in [-0.4, -0.2) is 16.5 Å². The van der Waals surface area contributed by atoms with Gasteiger partial charge >= 0.3 is 0 Å². The second kappa shape index (κ2) is 9.05. The largest absolute Gasteiger partial charge is 0.271 e. The molecule has 1 amide bonds. The van der Waals surface area contributed by atoms with Gasteiger partial charge in [0.05, 0.1) is 10.6 Å². The Morgan fingerprint density at radius 3 is 2.21 bits per heavy atom. The Morgan fingerprint density at radius 2 is 1.54 bits per heavy atom. The summed E-state index contributed by atoms with van der Waals surface area (Å²) in [6, 6.07) is 24.6. The van der Waals surface area contributed by atoms with Crippen LogP contribution in [0, 0.1) is 10.1 Å². The highest BCUT2D eigenvalue weighted by molar-refractivity contribution is 6.11. The zero-order valence-corrected chi connectivity index (χ0v) is 14.9. The number of nitro benzene ring substituents is 1. The molecule has 6 nitrogen and oxygen atoms in total. The average Bonchev–Trinajstić information content (AvgIpc) is 2.75. The van der Waals surface area contributed by atoms with E-state index < -0.39 is 10.8 Å². The number of benzene rings is 3. The summed E-state index contributed by atoms with van der Waals surface area (Å²) in [4.78, 5) is 22.7. The fourth-order valence-electron chi connectivity index (χ4n) is 2.48. The Hall–Kier alpha value is -4.06. The van der Waals surface area contributed by atoms with Crippen molar-refractivity contribution in [2.75, 3.05) is 0 Å². The van der Waals surface area contributed by atoms with Crippen molar-refractivity contribution in [3.63, 3.8) is 0 Å². The SMILES string of the molecule is O=C(NN=C(C=Cc1ccccc1)c1ccccc1)c1cccc([N+](=O)[O-])c1. The number of nitrogens with one attached hydrogen (secondary N) is 1. The summed E-state index contributed by atoms with van der Waals surface area (Å²) < 4.78 is 0. The van der Waals surface area contributed by atoms with Gasteiger partial charge in [0, 0.05) is 23.3 Å². The minimum atomic E-state index is -0.544. The number of carbonyl (C=O) groups excluding carboxylic acids is 1. The van der Waals surface area contributed by atoms with E-state index >= 15 is 0 Å². The molecule has 0 radical (unpaired) electrons. The van der Waals surface area contributed by atoms with E-state index in [1.165, 1.54) is 24.3 Å². The number of nitro groups is 1. The number of non-ortho nitro benzene ring substituents is 1. The first-order chi connectivity index (χ1) is 13.6. The number of hydrazone groups is 1. The molecule has 3 aromatic carbocycles. The lowest BCUT2D eigenvalue weighted by Gasteiger charge is -2.04. The summed E-state index contributed by atoms with van der Waals surface area (Å²) in [5.41, 5.74) is 4.87. The van der Waals surface area contributed by atoms with Gasteiger partial charge in [-0.3, -0.25) is 14.9 Å². The highest BCUT2D eigenvalue weighted by atomic mass is 16.6. The van der Waals surface area contributed by atoms with Gasteiger partial charge in [0.2, 0.25) is 0 Å². The van der Waals surface area contributed by atoms with Crippen LogP contribution in [0.5, 0.6) is 0 Å². The first-order valence-electron chi connectivity index (χ1n) is 8.54. The molecule has 6 heteroatoms. The second-order valence-corrected chi connectivity index (χ2v) is 5.86. The molecule has 0 heterocycles. The summed E-state index contributed by atoms with van der Waals surface area (Å²) in [5, 5.41) is 15.1. The first kappa shape index (κ1) is 18.7. The smallest absolute Gasteiger partial charge is 0.267 e. The maximum Gasteiger partial charge on any atom is 0.271 e. The van der Waals surface area contributed by atoms with E-state index in [0.717, 1.165) is 11.1 Å². The lowest BCUT2D eigenvalue weighted by molar-refractivity contribution is -0.384. The molecule has 0 aliphatic rings. The van der Waals surface area contributed by atoms with Gasteiger partial charge in [0.25, 0.3) is 11.6 Å². The van der Waals surface area contributed by atoms with E-state index in [2.05, 4.69) is 10.5 Å². The fourth-order valence-corrected chi connectivity index (χ4v) is 2.48. The van der Waals surface area contributed by atoms with Gasteiger partial charge in [-0.2, -0.15) is 5.10 Å². The zero-order chi connectivity index (χ0) is 19.8. The summed E-state index contributed by atoms with van der Waals surface area (Å²) >= 11 is 0. The van der Waals surface area contributed by atoms with Gasteiger partial charge in [0.1, 0.15) is 0 Å². The maximum absolute atomic E-state index is 12.4. The van der Waals surface area contributed by atoms with Gasteiger partial charge in [-0.15, -0.1) is 0 Å². The Balaban J connectivity index is 1.85. The van der Waals surface area contributed by atoms with E-state index in [4.69, 9.17) is 0 Å². The van der Waals surface area contributed by atoms with Crippen molar-refractivity contribution in [1.29, 1.82) is 0 Å². The molecule has 3 aromatic rings. The van der Waals surface area contributed by atoms with Gasteiger partial charge in [-0.25, -0.2) is 5.43 Å². The molecule has 3 rings (SSSR count). The van der Waals surface area contributed by atoms with Crippen LogP contribution in [0.2, 0.25) is 0 Å². The predicted octanol–water partition coefficient (Wildman–Crippen LogP) is 4.44. The molecule has 0 bridgehead atoms. The summed E-state index contributed by atoms with van der Waals surface area (Å²) in [5.74, 6) is -0.523. The van der Waals surface area contributed by atoms with Crippen LogP contribution in [-0.2, 0) is 0 Å². The van der Waals surface area contributed by atoms with Crippen molar-refractivity contribution >= 4 is 23.4 Å². The molecule has 138 valence electrons. The Morgan fingerprint density at radius 1 is 0.893 bits per heavy atom. The lowest BCUT2D eigenvalue weighted by atomic mass is 10.1. The van der Waals surface area contributed by atoms with Gasteiger partial charge in [-0.05, 0) is 17.7 Å². The molecule has 0 aliphatic heterocycles. The Kier molecular flexibility index (Phi) is 6.05. The molecule has 1 N–H and O–H groups in total. The second-order valence-electron chi connectivity index (χ2n) is 5.86. The van der Waals surface area contributed by atoms with Crippen LogP contribution in [0.15, 0.2) is 96.1 Å². The third-order valence-corrected chi connectivity index (χ3v) is 3.90. The number of rotatable bonds is 6. The molecular weight excluding hydrogens is 354 g/mol. The Bertz CT molecular complexity index is 1030. The number of hydrogen-bond acceptors (Lipinski definition) is 4. The van der Waals surface area contributed by atoms with Crippen molar-refractivity contribution in [2.45, 2.75) is 0 Å². The predicted molar refractivity (Wildman–Crippen MR) is 109 cm³/mol. The number of hydrogen-bond donors (Lipinski definition) is 1. The third-order valence-electron chi connectivity index (χ3n) is 3.90. The van der Waals surface area contributed by atoms with E-state index in [1.54, 1.807) is 6.08 Å². The summed E-state index contributed by atoms with van der Waals surface area (Å²) in [6.45, 7) is 0. The van der Waals surface area contributed by atoms with Crippen molar-refractivity contribution in [2.24, 2.45) is 5.10 Å². The summed E-state index contributed by atoms with van der Waals surface area (Å²) in [7, 11) is 0. The summed E-state index contributed by atoms with van der Waals surface area (Å²) in [6.07, 6.45) is 3.70. The minimum Gasteiger partial charge on any atom is -0.267 e. The zero-order valence-electron chi connectivity index (χ0n) is 14.9. The number of nitrogens with zero attached hydrogens (tertiary/aromatic N) is 2. The molecule has 0 unspecified atom stereocenters. The van der Waals surface area contributed by atoms with Crippen molar-refractivity contribution in [3.8, 4) is 0 Å². The molecule has 0 fully saturated rings. The topological polar surface area (TPSA) is 84.6 Å². The first-order valence-corrected chi connectivity index (χ1v) is 8.54. The fraction of sp³-hybridized carbons (Fsp3) is 0.